The maximum atomic E-state index is 13.5. The van der Waals surface area contributed by atoms with E-state index in [0.29, 0.717) is 26.1 Å². The molecule has 0 radical (unpaired) electrons. The minimum absolute atomic E-state index is 0.00836. The van der Waals surface area contributed by atoms with Crippen LogP contribution in [0.4, 0.5) is 0 Å². The highest BCUT2D eigenvalue weighted by Crippen LogP contribution is 2.47. The molecule has 0 aliphatic heterocycles. The van der Waals surface area contributed by atoms with Crippen LogP contribution in [-0.2, 0) is 28.1 Å². The van der Waals surface area contributed by atoms with Crippen LogP contribution < -0.4 is 4.74 Å². The Morgan fingerprint density at radius 2 is 0.759 bits per heavy atom. The second-order valence-electron chi connectivity index (χ2n) is 17.2. The predicted octanol–water partition coefficient (Wildman–Crippen LogP) is 16.9. The van der Waals surface area contributed by atoms with E-state index in [1.54, 1.807) is 0 Å². The first-order valence-corrected chi connectivity index (χ1v) is 26.1. The van der Waals surface area contributed by atoms with Crippen LogP contribution in [0.15, 0.2) is 72.8 Å². The molecule has 58 heavy (non-hydrogen) atoms. The van der Waals surface area contributed by atoms with Crippen molar-refractivity contribution < 1.29 is 18.7 Å². The Balaban J connectivity index is 1.49. The molecule has 0 heterocycles. The highest BCUT2D eigenvalue weighted by molar-refractivity contribution is 7.51. The van der Waals surface area contributed by atoms with Gasteiger partial charge in [0.15, 0.2) is 0 Å². The first-order valence-electron chi connectivity index (χ1n) is 24.3. The molecule has 0 aliphatic carbocycles. The monoisotopic (exact) mass is 817 g/mol. The summed E-state index contributed by atoms with van der Waals surface area (Å²) in [6.07, 6.45) is 38.1. The van der Waals surface area contributed by atoms with Gasteiger partial charge in [-0.05, 0) is 40.7 Å². The quantitative estimate of drug-likeness (QED) is 0.0462. The van der Waals surface area contributed by atoms with Crippen molar-refractivity contribution in [1.82, 2.24) is 0 Å². The van der Waals surface area contributed by atoms with Gasteiger partial charge in [0.1, 0.15) is 5.75 Å². The molecule has 0 fully saturated rings. The van der Waals surface area contributed by atoms with E-state index < -0.39 is 7.60 Å². The first-order chi connectivity index (χ1) is 28.5. The summed E-state index contributed by atoms with van der Waals surface area (Å²) >= 11 is 0. The molecule has 4 nitrogen and oxygen atoms in total. The average molecular weight is 817 g/mol. The van der Waals surface area contributed by atoms with E-state index in [4.69, 9.17) is 9.26 Å². The van der Waals surface area contributed by atoms with E-state index in [1.165, 1.54) is 172 Å². The Labute approximate surface area is 357 Å². The molecule has 0 saturated carbocycles. The van der Waals surface area contributed by atoms with Gasteiger partial charge >= 0.3 is 7.60 Å². The van der Waals surface area contributed by atoms with Gasteiger partial charge in [0.05, 0.1) is 19.4 Å². The van der Waals surface area contributed by atoms with Crippen molar-refractivity contribution in [3.8, 4) is 5.75 Å². The average Bonchev–Trinajstić information content (AvgIpc) is 3.22. The van der Waals surface area contributed by atoms with Gasteiger partial charge in [-0.3, -0.25) is 4.57 Å². The van der Waals surface area contributed by atoms with E-state index in [2.05, 4.69) is 74.5 Å². The van der Waals surface area contributed by atoms with Crippen LogP contribution >= 0.6 is 7.60 Å². The molecule has 3 aromatic rings. The normalized spacial score (nSPS) is 12.5. The fraction of sp³-hybridized carbons (Fsp3) is 0.660. The fourth-order valence-electron chi connectivity index (χ4n) is 8.25. The summed E-state index contributed by atoms with van der Waals surface area (Å²) in [5.41, 5.74) is 5.40. The largest absolute Gasteiger partial charge is 0.493 e. The SMILES string of the molecule is CCCCCCCCCCCCCCCCOc1c(Cc2ccccc2)cc(CP(=O)(O)OCCCCCCCCCCCCCCCC)cc1Cc1ccccc1. The summed E-state index contributed by atoms with van der Waals surface area (Å²) in [6, 6.07) is 25.2. The van der Waals surface area contributed by atoms with Crippen LogP contribution in [0.3, 0.4) is 0 Å². The van der Waals surface area contributed by atoms with Crippen LogP contribution in [0.1, 0.15) is 221 Å². The summed E-state index contributed by atoms with van der Waals surface area (Å²) in [5.74, 6) is 0.933. The molecule has 0 bridgehead atoms. The van der Waals surface area contributed by atoms with Crippen LogP contribution in [0, 0.1) is 0 Å². The summed E-state index contributed by atoms with van der Waals surface area (Å²) in [5, 5.41) is 0. The summed E-state index contributed by atoms with van der Waals surface area (Å²) in [6.45, 7) is 5.58. The van der Waals surface area contributed by atoms with Gasteiger partial charge in [-0.2, -0.15) is 0 Å². The standard InChI is InChI=1S/C53H85O4P/c1-3-5-7-9-11-13-15-17-19-21-23-25-27-35-41-56-53-51(43-48-37-31-29-32-38-48)45-50(46-52(53)44-49-39-33-30-34-40-49)47-58(54,55)57-42-36-28-26-24-22-20-18-16-14-12-10-8-6-4-2/h29-34,37-40,45-46H,3-28,35-36,41-44,47H2,1-2H3,(H,54,55). The smallest absolute Gasteiger partial charge is 0.332 e. The van der Waals surface area contributed by atoms with E-state index in [1.807, 2.05) is 12.1 Å². The first kappa shape index (κ1) is 50.0. The zero-order valence-corrected chi connectivity index (χ0v) is 38.3. The lowest BCUT2D eigenvalue weighted by molar-refractivity contribution is 0.251. The summed E-state index contributed by atoms with van der Waals surface area (Å²) in [4.78, 5) is 11.1. The Hall–Kier alpha value is -2.39. The van der Waals surface area contributed by atoms with Crippen LogP contribution in [-0.4, -0.2) is 18.1 Å². The van der Waals surface area contributed by atoms with E-state index in [-0.39, 0.29) is 6.16 Å². The molecule has 1 N–H and O–H groups in total. The Morgan fingerprint density at radius 3 is 1.12 bits per heavy atom. The Bertz CT molecular complexity index is 1380. The lowest BCUT2D eigenvalue weighted by atomic mass is 9.95. The molecule has 1 atom stereocenters. The number of hydrogen-bond donors (Lipinski definition) is 1. The molecule has 3 rings (SSSR count). The zero-order valence-electron chi connectivity index (χ0n) is 37.4. The molecular weight excluding hydrogens is 732 g/mol. The van der Waals surface area contributed by atoms with Crippen molar-refractivity contribution in [3.63, 3.8) is 0 Å². The maximum absolute atomic E-state index is 13.5. The number of ether oxygens (including phenoxy) is 1. The minimum Gasteiger partial charge on any atom is -0.493 e. The topological polar surface area (TPSA) is 55.8 Å². The number of rotatable bonds is 38. The van der Waals surface area contributed by atoms with Gasteiger partial charge in [0, 0.05) is 12.8 Å². The number of unbranched alkanes of at least 4 members (excludes halogenated alkanes) is 26. The van der Waals surface area contributed by atoms with Crippen molar-refractivity contribution in [1.29, 1.82) is 0 Å². The molecule has 5 heteroatoms. The molecule has 0 spiro atoms. The minimum atomic E-state index is -3.82. The van der Waals surface area contributed by atoms with Gasteiger partial charge < -0.3 is 14.2 Å². The predicted molar refractivity (Wildman–Crippen MR) is 251 cm³/mol. The molecule has 1 unspecified atom stereocenters. The van der Waals surface area contributed by atoms with Gasteiger partial charge in [-0.25, -0.2) is 0 Å². The number of benzene rings is 3. The molecule has 0 amide bonds. The lowest BCUT2D eigenvalue weighted by Crippen LogP contribution is -2.07. The van der Waals surface area contributed by atoms with Crippen LogP contribution in [0.5, 0.6) is 5.75 Å². The van der Waals surface area contributed by atoms with Gasteiger partial charge in [0.2, 0.25) is 0 Å². The third-order valence-corrected chi connectivity index (χ3v) is 13.0. The highest BCUT2D eigenvalue weighted by atomic mass is 31.2. The van der Waals surface area contributed by atoms with E-state index >= 15 is 0 Å². The summed E-state index contributed by atoms with van der Waals surface area (Å²) < 4.78 is 25.9. The Kier molecular flexibility index (Phi) is 28.7. The van der Waals surface area contributed by atoms with Gasteiger partial charge in [0.25, 0.3) is 0 Å². The van der Waals surface area contributed by atoms with Crippen molar-refractivity contribution in [2.45, 2.75) is 213 Å². The van der Waals surface area contributed by atoms with Crippen molar-refractivity contribution in [2.24, 2.45) is 0 Å². The molecule has 0 aromatic heterocycles. The lowest BCUT2D eigenvalue weighted by Gasteiger charge is -2.20. The second-order valence-corrected chi connectivity index (χ2v) is 19.1. The Morgan fingerprint density at radius 1 is 0.431 bits per heavy atom. The summed E-state index contributed by atoms with van der Waals surface area (Å²) in [7, 11) is -3.82. The van der Waals surface area contributed by atoms with Gasteiger partial charge in [-0.15, -0.1) is 0 Å². The van der Waals surface area contributed by atoms with Crippen LogP contribution in [0.25, 0.3) is 0 Å². The third kappa shape index (κ3) is 24.6. The van der Waals surface area contributed by atoms with E-state index in [0.717, 1.165) is 41.7 Å². The fourth-order valence-corrected chi connectivity index (χ4v) is 9.40. The third-order valence-electron chi connectivity index (χ3n) is 11.7. The zero-order chi connectivity index (χ0) is 41.2. The molecule has 326 valence electrons. The van der Waals surface area contributed by atoms with Crippen LogP contribution in [0.2, 0.25) is 0 Å². The maximum Gasteiger partial charge on any atom is 0.332 e. The highest BCUT2D eigenvalue weighted by Gasteiger charge is 2.23. The molecule has 0 aliphatic rings. The van der Waals surface area contributed by atoms with E-state index in [9.17, 15) is 9.46 Å². The molecular formula is C53H85O4P. The molecule has 3 aromatic carbocycles. The van der Waals surface area contributed by atoms with Gasteiger partial charge in [-0.1, -0.05) is 254 Å². The van der Waals surface area contributed by atoms with Crippen molar-refractivity contribution in [3.05, 3.63) is 101 Å². The molecule has 0 saturated heterocycles. The van der Waals surface area contributed by atoms with Crippen molar-refractivity contribution in [2.75, 3.05) is 13.2 Å². The van der Waals surface area contributed by atoms with Crippen molar-refractivity contribution >= 4 is 7.60 Å². The number of hydrogen-bond acceptors (Lipinski definition) is 3. The second kappa shape index (κ2) is 33.3.